The van der Waals surface area contributed by atoms with Crippen LogP contribution < -0.4 is 21.3 Å². The highest BCUT2D eigenvalue weighted by Crippen LogP contribution is 2.06. The third-order valence-corrected chi connectivity index (χ3v) is 3.84. The molecule has 1 aliphatic heterocycles. The quantitative estimate of drug-likeness (QED) is 0.522. The fraction of sp³-hybridized carbons (Fsp3) is 0.500. The monoisotopic (exact) mass is 350 g/mol. The molecule has 1 aliphatic rings. The number of ketones is 1. The smallest absolute Gasteiger partial charge is 0.315 e. The molecule has 25 heavy (non-hydrogen) atoms. The topological polar surface area (TPSA) is 130 Å². The van der Waals surface area contributed by atoms with E-state index in [9.17, 15) is 19.2 Å². The third-order valence-electron chi connectivity index (χ3n) is 3.84. The molecule has 1 aromatic heterocycles. The average molecular weight is 350 g/mol. The molecule has 0 saturated carbocycles. The first-order valence-corrected chi connectivity index (χ1v) is 8.06. The Kier molecular flexibility index (Phi) is 6.15. The summed E-state index contributed by atoms with van der Waals surface area (Å²) in [6.45, 7) is 4.13. The van der Waals surface area contributed by atoms with E-state index >= 15 is 0 Å². The Hall–Kier alpha value is -2.84. The largest absolute Gasteiger partial charge is 0.472 e. The fourth-order valence-electron chi connectivity index (χ4n) is 2.41. The Morgan fingerprint density at radius 2 is 2.12 bits per heavy atom. The van der Waals surface area contributed by atoms with E-state index in [1.807, 2.05) is 0 Å². The zero-order valence-corrected chi connectivity index (χ0v) is 14.1. The normalized spacial score (nSPS) is 18.4. The molecule has 4 amide bonds. The highest BCUT2D eigenvalue weighted by atomic mass is 16.3. The van der Waals surface area contributed by atoms with Gasteiger partial charge in [-0.1, -0.05) is 13.8 Å². The summed E-state index contributed by atoms with van der Waals surface area (Å²) in [7, 11) is 0. The standard InChI is InChI=1S/C16H22N4O5/c1-9(2)12(20-16(24)18-7-10-4-6-25-8-10)14(22)19-11-3-5-17-15(23)13(11)21/h4,6,8-9,11-12H,3,5,7H2,1-2H3,(H,17,23)(H,19,22)(H2,18,20,24). The van der Waals surface area contributed by atoms with Gasteiger partial charge in [0.2, 0.25) is 11.7 Å². The molecule has 2 atom stereocenters. The van der Waals surface area contributed by atoms with E-state index in [1.165, 1.54) is 12.5 Å². The van der Waals surface area contributed by atoms with Crippen LogP contribution in [0.3, 0.4) is 0 Å². The second-order valence-corrected chi connectivity index (χ2v) is 6.15. The number of amides is 4. The van der Waals surface area contributed by atoms with E-state index < -0.39 is 35.7 Å². The molecule has 1 fully saturated rings. The van der Waals surface area contributed by atoms with Gasteiger partial charge >= 0.3 is 6.03 Å². The second-order valence-electron chi connectivity index (χ2n) is 6.15. The van der Waals surface area contributed by atoms with E-state index in [4.69, 9.17) is 4.42 Å². The van der Waals surface area contributed by atoms with Crippen molar-refractivity contribution < 1.29 is 23.6 Å². The SMILES string of the molecule is CC(C)C(NC(=O)NCc1ccoc1)C(=O)NC1CCNC(=O)C1=O. The minimum atomic E-state index is -0.863. The fourth-order valence-corrected chi connectivity index (χ4v) is 2.41. The zero-order chi connectivity index (χ0) is 18.4. The molecular weight excluding hydrogens is 328 g/mol. The molecule has 0 aliphatic carbocycles. The Morgan fingerprint density at radius 3 is 2.76 bits per heavy atom. The maximum absolute atomic E-state index is 12.4. The number of furan rings is 1. The van der Waals surface area contributed by atoms with Gasteiger partial charge in [-0.15, -0.1) is 0 Å². The lowest BCUT2D eigenvalue weighted by Gasteiger charge is -2.26. The molecule has 2 heterocycles. The minimum Gasteiger partial charge on any atom is -0.472 e. The number of hydrogen-bond acceptors (Lipinski definition) is 5. The van der Waals surface area contributed by atoms with Crippen molar-refractivity contribution in [2.75, 3.05) is 6.54 Å². The van der Waals surface area contributed by atoms with Crippen molar-refractivity contribution >= 4 is 23.6 Å². The highest BCUT2D eigenvalue weighted by Gasteiger charge is 2.33. The summed E-state index contributed by atoms with van der Waals surface area (Å²) in [4.78, 5) is 47.6. The number of hydrogen-bond donors (Lipinski definition) is 4. The van der Waals surface area contributed by atoms with Crippen molar-refractivity contribution in [3.8, 4) is 0 Å². The molecule has 9 heteroatoms. The van der Waals surface area contributed by atoms with Gasteiger partial charge in [-0.05, 0) is 18.4 Å². The van der Waals surface area contributed by atoms with Gasteiger partial charge in [0.1, 0.15) is 6.04 Å². The number of nitrogens with one attached hydrogen (secondary N) is 4. The maximum Gasteiger partial charge on any atom is 0.315 e. The van der Waals surface area contributed by atoms with Gasteiger partial charge in [0, 0.05) is 18.7 Å². The van der Waals surface area contributed by atoms with Crippen LogP contribution in [0.2, 0.25) is 0 Å². The Balaban J connectivity index is 1.90. The highest BCUT2D eigenvalue weighted by molar-refractivity contribution is 6.39. The first kappa shape index (κ1) is 18.5. The van der Waals surface area contributed by atoms with Crippen LogP contribution in [0.15, 0.2) is 23.0 Å². The second kappa shape index (κ2) is 8.32. The Bertz CT molecular complexity index is 641. The van der Waals surface area contributed by atoms with Crippen molar-refractivity contribution in [1.82, 2.24) is 21.3 Å². The number of rotatable bonds is 6. The summed E-state index contributed by atoms with van der Waals surface area (Å²) in [6, 6.07) is -0.490. The van der Waals surface area contributed by atoms with Crippen LogP contribution in [-0.4, -0.2) is 42.3 Å². The van der Waals surface area contributed by atoms with Crippen LogP contribution in [-0.2, 0) is 20.9 Å². The van der Waals surface area contributed by atoms with E-state index in [2.05, 4.69) is 21.3 Å². The number of carbonyl (C=O) groups is 4. The zero-order valence-electron chi connectivity index (χ0n) is 14.1. The molecule has 9 nitrogen and oxygen atoms in total. The summed E-state index contributed by atoms with van der Waals surface area (Å²) in [5.41, 5.74) is 0.791. The third kappa shape index (κ3) is 5.07. The summed E-state index contributed by atoms with van der Waals surface area (Å²) in [5, 5.41) is 10.2. The number of Topliss-reactive ketones (excluding diaryl/α,β-unsaturated/α-hetero) is 1. The summed E-state index contributed by atoms with van der Waals surface area (Å²) in [5.74, 6) is -2.08. The van der Waals surface area contributed by atoms with Crippen LogP contribution in [0.1, 0.15) is 25.8 Å². The lowest BCUT2D eigenvalue weighted by molar-refractivity contribution is -0.142. The molecule has 1 saturated heterocycles. The van der Waals surface area contributed by atoms with Crippen LogP contribution in [0, 0.1) is 5.92 Å². The van der Waals surface area contributed by atoms with Gasteiger partial charge in [-0.25, -0.2) is 4.79 Å². The van der Waals surface area contributed by atoms with E-state index in [1.54, 1.807) is 19.9 Å². The molecule has 2 unspecified atom stereocenters. The lowest BCUT2D eigenvalue weighted by Crippen LogP contribution is -2.58. The number of carbonyl (C=O) groups excluding carboxylic acids is 4. The molecule has 0 aromatic carbocycles. The van der Waals surface area contributed by atoms with Crippen molar-refractivity contribution in [1.29, 1.82) is 0 Å². The molecule has 1 aromatic rings. The Morgan fingerprint density at radius 1 is 1.36 bits per heavy atom. The van der Waals surface area contributed by atoms with Crippen molar-refractivity contribution in [2.24, 2.45) is 5.92 Å². The molecule has 136 valence electrons. The van der Waals surface area contributed by atoms with Crippen molar-refractivity contribution in [3.05, 3.63) is 24.2 Å². The van der Waals surface area contributed by atoms with Crippen LogP contribution >= 0.6 is 0 Å². The minimum absolute atomic E-state index is 0.202. The lowest BCUT2D eigenvalue weighted by atomic mass is 10.0. The predicted molar refractivity (Wildman–Crippen MR) is 87.3 cm³/mol. The van der Waals surface area contributed by atoms with Crippen molar-refractivity contribution in [2.45, 2.75) is 38.9 Å². The Labute approximate surface area is 144 Å². The van der Waals surface area contributed by atoms with Gasteiger partial charge in [0.15, 0.2) is 0 Å². The van der Waals surface area contributed by atoms with Crippen LogP contribution in [0.5, 0.6) is 0 Å². The summed E-state index contributed by atoms with van der Waals surface area (Å²) >= 11 is 0. The van der Waals surface area contributed by atoms with Gasteiger partial charge in [-0.3, -0.25) is 14.4 Å². The summed E-state index contributed by atoms with van der Waals surface area (Å²) in [6.07, 6.45) is 3.33. The molecular formula is C16H22N4O5. The number of piperidine rings is 1. The van der Waals surface area contributed by atoms with E-state index in [0.717, 1.165) is 5.56 Å². The molecule has 0 radical (unpaired) electrons. The van der Waals surface area contributed by atoms with E-state index in [-0.39, 0.29) is 12.5 Å². The average Bonchev–Trinajstić information content (AvgIpc) is 3.08. The maximum atomic E-state index is 12.4. The van der Waals surface area contributed by atoms with Crippen LogP contribution in [0.25, 0.3) is 0 Å². The van der Waals surface area contributed by atoms with Gasteiger partial charge in [0.25, 0.3) is 5.91 Å². The molecule has 2 rings (SSSR count). The van der Waals surface area contributed by atoms with Crippen LogP contribution in [0.4, 0.5) is 4.79 Å². The van der Waals surface area contributed by atoms with E-state index in [0.29, 0.717) is 13.0 Å². The first-order chi connectivity index (χ1) is 11.9. The molecule has 0 bridgehead atoms. The van der Waals surface area contributed by atoms with Gasteiger partial charge < -0.3 is 25.7 Å². The number of urea groups is 1. The first-order valence-electron chi connectivity index (χ1n) is 8.06. The van der Waals surface area contributed by atoms with Gasteiger partial charge in [0.05, 0.1) is 18.6 Å². The molecule has 4 N–H and O–H groups in total. The van der Waals surface area contributed by atoms with Crippen molar-refractivity contribution in [3.63, 3.8) is 0 Å². The van der Waals surface area contributed by atoms with Gasteiger partial charge in [-0.2, -0.15) is 0 Å². The molecule has 0 spiro atoms. The summed E-state index contributed by atoms with van der Waals surface area (Å²) < 4.78 is 4.91. The predicted octanol–water partition coefficient (Wildman–Crippen LogP) is -0.323.